The molecule has 0 aliphatic carbocycles. The van der Waals surface area contributed by atoms with E-state index in [0.717, 1.165) is 54.4 Å². The zero-order valence-electron chi connectivity index (χ0n) is 18.2. The van der Waals surface area contributed by atoms with E-state index < -0.39 is 0 Å². The Morgan fingerprint density at radius 2 is 1.94 bits per heavy atom. The van der Waals surface area contributed by atoms with Crippen LogP contribution in [0.2, 0.25) is 0 Å². The molecule has 33 heavy (non-hydrogen) atoms. The number of aromatic nitrogens is 1. The number of hydrogen-bond donors (Lipinski definition) is 0. The first-order chi connectivity index (χ1) is 16.2. The van der Waals surface area contributed by atoms with Crippen molar-refractivity contribution in [1.29, 1.82) is 0 Å². The summed E-state index contributed by atoms with van der Waals surface area (Å²) < 4.78 is 6.67. The average Bonchev–Trinajstić information content (AvgIpc) is 3.51. The number of carbonyl (C=O) groups excluding carboxylic acids is 1. The smallest absolute Gasteiger partial charge is 0.167 e. The highest BCUT2D eigenvalue weighted by Crippen LogP contribution is 2.38. The third-order valence-corrected chi connectivity index (χ3v) is 7.44. The van der Waals surface area contributed by atoms with E-state index in [-0.39, 0.29) is 5.78 Å². The molecule has 0 amide bonds. The number of hydrogen-bond acceptors (Lipinski definition) is 6. The van der Waals surface area contributed by atoms with Crippen molar-refractivity contribution in [3.05, 3.63) is 83.0 Å². The van der Waals surface area contributed by atoms with Crippen LogP contribution < -0.4 is 4.90 Å². The molecule has 2 aromatic heterocycles. The van der Waals surface area contributed by atoms with Gasteiger partial charge in [0, 0.05) is 47.1 Å². The molecule has 6 rings (SSSR count). The fourth-order valence-electron chi connectivity index (χ4n) is 4.51. The highest BCUT2D eigenvalue weighted by molar-refractivity contribution is 7.22. The number of fused-ring (bicyclic) bond motifs is 2. The van der Waals surface area contributed by atoms with Gasteiger partial charge in [-0.15, -0.1) is 11.3 Å². The molecule has 1 fully saturated rings. The molecule has 6 heteroatoms. The minimum Gasteiger partial charge on any atom is -0.378 e. The molecule has 4 heterocycles. The van der Waals surface area contributed by atoms with E-state index in [2.05, 4.69) is 51.3 Å². The van der Waals surface area contributed by atoms with Gasteiger partial charge in [-0.1, -0.05) is 24.3 Å². The summed E-state index contributed by atoms with van der Waals surface area (Å²) in [7, 11) is 0. The van der Waals surface area contributed by atoms with E-state index in [1.807, 2.05) is 30.6 Å². The summed E-state index contributed by atoms with van der Waals surface area (Å²) in [5.41, 5.74) is 5.03. The van der Waals surface area contributed by atoms with Crippen molar-refractivity contribution in [2.45, 2.75) is 13.0 Å². The molecule has 0 bridgehead atoms. The first kappa shape index (κ1) is 20.3. The highest BCUT2D eigenvalue weighted by Gasteiger charge is 2.20. The van der Waals surface area contributed by atoms with Gasteiger partial charge in [0.15, 0.2) is 5.78 Å². The fourth-order valence-corrected chi connectivity index (χ4v) is 5.61. The minimum absolute atomic E-state index is 0.0985. The topological polar surface area (TPSA) is 54.8 Å². The zero-order valence-corrected chi connectivity index (χ0v) is 19.0. The Labute approximate surface area is 196 Å². The van der Waals surface area contributed by atoms with Crippen molar-refractivity contribution in [1.82, 2.24) is 4.98 Å². The standard InChI is InChI=1S/C27H23N3O2S/c31-24(11-18-5-6-27(29-15-18)30-7-9-32-10-8-30)20-12-21-16-28-17-23(21)22(13-20)26-14-19-3-1-2-4-25(19)33-26/h1-6,12-16H,7-11,17H2. The van der Waals surface area contributed by atoms with Gasteiger partial charge in [-0.3, -0.25) is 9.79 Å². The van der Waals surface area contributed by atoms with E-state index in [1.54, 1.807) is 11.3 Å². The van der Waals surface area contributed by atoms with E-state index in [1.165, 1.54) is 20.5 Å². The number of ketones is 1. The van der Waals surface area contributed by atoms with Crippen molar-refractivity contribution < 1.29 is 9.53 Å². The SMILES string of the molecule is O=C(Cc1ccc(N2CCOCC2)nc1)c1cc2c(c(-c3cc4ccccc4s3)c1)CN=C2. The van der Waals surface area contributed by atoms with Gasteiger partial charge in [-0.05, 0) is 58.0 Å². The number of aliphatic imine (C=N–C) groups is 1. The van der Waals surface area contributed by atoms with E-state index in [9.17, 15) is 4.79 Å². The summed E-state index contributed by atoms with van der Waals surface area (Å²) in [5, 5.41) is 1.23. The normalized spacial score (nSPS) is 15.2. The molecule has 2 aliphatic heterocycles. The first-order valence-electron chi connectivity index (χ1n) is 11.2. The van der Waals surface area contributed by atoms with Gasteiger partial charge in [0.25, 0.3) is 0 Å². The van der Waals surface area contributed by atoms with Crippen molar-refractivity contribution in [3.63, 3.8) is 0 Å². The maximum atomic E-state index is 13.3. The van der Waals surface area contributed by atoms with Gasteiger partial charge < -0.3 is 9.64 Å². The summed E-state index contributed by atoms with van der Waals surface area (Å²) in [6.45, 7) is 3.82. The van der Waals surface area contributed by atoms with Crippen molar-refractivity contribution in [2.24, 2.45) is 4.99 Å². The Morgan fingerprint density at radius 1 is 1.06 bits per heavy atom. The quantitative estimate of drug-likeness (QED) is 0.392. The molecule has 5 nitrogen and oxygen atoms in total. The summed E-state index contributed by atoms with van der Waals surface area (Å²) in [4.78, 5) is 25.7. The van der Waals surface area contributed by atoms with Crippen LogP contribution in [-0.2, 0) is 17.7 Å². The molecule has 4 aromatic rings. The number of benzene rings is 2. The third kappa shape index (κ3) is 3.96. The third-order valence-electron chi connectivity index (χ3n) is 6.29. The van der Waals surface area contributed by atoms with E-state index in [0.29, 0.717) is 13.0 Å². The second-order valence-corrected chi connectivity index (χ2v) is 9.52. The van der Waals surface area contributed by atoms with E-state index in [4.69, 9.17) is 4.74 Å². The van der Waals surface area contributed by atoms with Gasteiger partial charge in [0.2, 0.25) is 0 Å². The fraction of sp³-hybridized carbons (Fsp3) is 0.222. The molecular weight excluding hydrogens is 430 g/mol. The Bertz CT molecular complexity index is 1340. The number of carbonyl (C=O) groups is 1. The van der Waals surface area contributed by atoms with Gasteiger partial charge in [0.1, 0.15) is 5.82 Å². The lowest BCUT2D eigenvalue weighted by Crippen LogP contribution is -2.36. The van der Waals surface area contributed by atoms with Gasteiger partial charge >= 0.3 is 0 Å². The molecule has 2 aliphatic rings. The van der Waals surface area contributed by atoms with E-state index >= 15 is 0 Å². The van der Waals surface area contributed by atoms with Gasteiger partial charge in [0.05, 0.1) is 19.8 Å². The summed E-state index contributed by atoms with van der Waals surface area (Å²) in [6, 6.07) is 18.7. The van der Waals surface area contributed by atoms with Crippen molar-refractivity contribution in [3.8, 4) is 10.4 Å². The van der Waals surface area contributed by atoms with Crippen LogP contribution in [0, 0.1) is 0 Å². The lowest BCUT2D eigenvalue weighted by Gasteiger charge is -2.27. The lowest BCUT2D eigenvalue weighted by atomic mass is 9.94. The number of nitrogens with zero attached hydrogens (tertiary/aromatic N) is 3. The number of morpholine rings is 1. The molecule has 1 saturated heterocycles. The second-order valence-electron chi connectivity index (χ2n) is 8.43. The number of pyridine rings is 1. The summed E-state index contributed by atoms with van der Waals surface area (Å²) in [6.07, 6.45) is 4.05. The van der Waals surface area contributed by atoms with Crippen LogP contribution in [0.25, 0.3) is 20.5 Å². The Hall–Kier alpha value is -3.35. The maximum Gasteiger partial charge on any atom is 0.167 e. The first-order valence-corrected chi connectivity index (χ1v) is 12.0. The monoisotopic (exact) mass is 453 g/mol. The summed E-state index contributed by atoms with van der Waals surface area (Å²) in [5.74, 6) is 1.04. The highest BCUT2D eigenvalue weighted by atomic mass is 32.1. The van der Waals surface area contributed by atoms with Crippen LogP contribution in [0.15, 0.2) is 65.8 Å². The zero-order chi connectivity index (χ0) is 22.2. The predicted molar refractivity (Wildman–Crippen MR) is 134 cm³/mol. The number of anilines is 1. The Kier molecular flexibility index (Phi) is 5.24. The second kappa shape index (κ2) is 8.54. The molecule has 0 saturated carbocycles. The molecule has 0 unspecified atom stereocenters. The van der Waals surface area contributed by atoms with Crippen LogP contribution in [0.4, 0.5) is 5.82 Å². The van der Waals surface area contributed by atoms with Crippen LogP contribution in [-0.4, -0.2) is 43.3 Å². The molecular formula is C27H23N3O2S. The molecule has 0 radical (unpaired) electrons. The van der Waals surface area contributed by atoms with Crippen LogP contribution in [0.3, 0.4) is 0 Å². The van der Waals surface area contributed by atoms with Crippen LogP contribution >= 0.6 is 11.3 Å². The minimum atomic E-state index is 0.0985. The number of Topliss-reactive ketones (excluding diaryl/α,β-unsaturated/α-hetero) is 1. The molecule has 0 N–H and O–H groups in total. The summed E-state index contributed by atoms with van der Waals surface area (Å²) >= 11 is 1.77. The van der Waals surface area contributed by atoms with Crippen molar-refractivity contribution >= 4 is 39.2 Å². The Balaban J connectivity index is 1.28. The maximum absolute atomic E-state index is 13.3. The molecule has 0 spiro atoms. The average molecular weight is 454 g/mol. The number of rotatable bonds is 5. The van der Waals surface area contributed by atoms with Gasteiger partial charge in [-0.25, -0.2) is 4.98 Å². The molecule has 164 valence electrons. The Morgan fingerprint density at radius 3 is 2.76 bits per heavy atom. The largest absolute Gasteiger partial charge is 0.378 e. The van der Waals surface area contributed by atoms with Crippen LogP contribution in [0.5, 0.6) is 0 Å². The molecule has 0 atom stereocenters. The molecule has 2 aromatic carbocycles. The van der Waals surface area contributed by atoms with Gasteiger partial charge in [-0.2, -0.15) is 0 Å². The predicted octanol–water partition coefficient (Wildman–Crippen LogP) is 5.16. The van der Waals surface area contributed by atoms with Crippen molar-refractivity contribution in [2.75, 3.05) is 31.2 Å². The number of thiophene rings is 1. The number of ether oxygens (including phenoxy) is 1. The lowest BCUT2D eigenvalue weighted by molar-refractivity contribution is 0.0993. The van der Waals surface area contributed by atoms with Crippen LogP contribution in [0.1, 0.15) is 27.0 Å².